The van der Waals surface area contributed by atoms with Crippen LogP contribution < -0.4 is 5.32 Å². The van der Waals surface area contributed by atoms with Gasteiger partial charge in [0.1, 0.15) is 0 Å². The van der Waals surface area contributed by atoms with Crippen molar-refractivity contribution in [1.29, 1.82) is 0 Å². The van der Waals surface area contributed by atoms with E-state index in [-0.39, 0.29) is 0 Å². The fourth-order valence-electron chi connectivity index (χ4n) is 1.30. The average molecular weight is 503 g/mol. The molecule has 0 aliphatic rings. The molecule has 0 unspecified atom stereocenters. The standard InChI is InChI=1S/C9HF20N/c10-1(11,3(14,15)6(20,21)22)2(12,13)4(16,17)8(26,27)30-9(28,29)5(18,19)7(23,24)25/h30H. The van der Waals surface area contributed by atoms with Gasteiger partial charge in [-0.15, -0.1) is 0 Å². The second-order valence-electron chi connectivity index (χ2n) is 5.14. The molecule has 21 heteroatoms. The van der Waals surface area contributed by atoms with Crippen LogP contribution in [0.4, 0.5) is 87.8 Å². The minimum atomic E-state index is -8.67. The van der Waals surface area contributed by atoms with Crippen molar-refractivity contribution in [2.45, 2.75) is 54.1 Å². The molecule has 0 amide bonds. The van der Waals surface area contributed by atoms with E-state index >= 15 is 0 Å². The maximum Gasteiger partial charge on any atom is 0.461 e. The highest BCUT2D eigenvalue weighted by Gasteiger charge is 2.92. The lowest BCUT2D eigenvalue weighted by Gasteiger charge is -2.41. The predicted octanol–water partition coefficient (Wildman–Crippen LogP) is 6.06. The third-order valence-corrected chi connectivity index (χ3v) is 3.00. The minimum absolute atomic E-state index is 2.04. The Morgan fingerprint density at radius 2 is 0.500 bits per heavy atom. The van der Waals surface area contributed by atoms with Crippen molar-refractivity contribution < 1.29 is 87.8 Å². The first kappa shape index (κ1) is 28.6. The lowest BCUT2D eigenvalue weighted by atomic mass is 9.96. The van der Waals surface area contributed by atoms with E-state index in [1.807, 2.05) is 0 Å². The summed E-state index contributed by atoms with van der Waals surface area (Å²) in [5.41, 5.74) is 0. The van der Waals surface area contributed by atoms with Crippen LogP contribution in [0.1, 0.15) is 0 Å². The molecule has 30 heavy (non-hydrogen) atoms. The first-order valence-corrected chi connectivity index (χ1v) is 6.03. The van der Waals surface area contributed by atoms with Gasteiger partial charge in [0.15, 0.2) is 0 Å². The third kappa shape index (κ3) is 3.80. The van der Waals surface area contributed by atoms with E-state index < -0.39 is 59.4 Å². The fraction of sp³-hybridized carbons (Fsp3) is 1.00. The summed E-state index contributed by atoms with van der Waals surface area (Å²) < 4.78 is 249. The van der Waals surface area contributed by atoms with Crippen LogP contribution in [0.3, 0.4) is 0 Å². The summed E-state index contributed by atoms with van der Waals surface area (Å²) in [4.78, 5) is 0. The Morgan fingerprint density at radius 1 is 0.267 bits per heavy atom. The van der Waals surface area contributed by atoms with Gasteiger partial charge in [0.2, 0.25) is 0 Å². The molecule has 0 saturated carbocycles. The Kier molecular flexibility index (Phi) is 6.45. The molecule has 0 spiro atoms. The van der Waals surface area contributed by atoms with E-state index in [1.54, 1.807) is 0 Å². The van der Waals surface area contributed by atoms with E-state index in [1.165, 1.54) is 0 Å². The molecule has 0 aliphatic carbocycles. The Hall–Kier alpha value is -1.44. The molecule has 0 radical (unpaired) electrons. The van der Waals surface area contributed by atoms with Crippen molar-refractivity contribution in [3.63, 3.8) is 0 Å². The van der Waals surface area contributed by atoms with E-state index in [4.69, 9.17) is 0 Å². The molecule has 0 aromatic carbocycles. The molecule has 0 saturated heterocycles. The van der Waals surface area contributed by atoms with Crippen molar-refractivity contribution >= 4 is 0 Å². The SMILES string of the molecule is FC(F)(F)C(F)(F)C(F)(F)NC(F)(F)C(F)(F)C(F)(F)C(F)(F)C(F)(F)C(F)(F)F. The highest BCUT2D eigenvalue weighted by Crippen LogP contribution is 2.60. The van der Waals surface area contributed by atoms with Crippen LogP contribution >= 0.6 is 0 Å². The highest BCUT2D eigenvalue weighted by molar-refractivity contribution is 5.10. The lowest BCUT2D eigenvalue weighted by Crippen LogP contribution is -2.75. The van der Waals surface area contributed by atoms with Crippen molar-refractivity contribution in [1.82, 2.24) is 5.32 Å². The monoisotopic (exact) mass is 503 g/mol. The molecular formula is C9HF20N. The first-order valence-electron chi connectivity index (χ1n) is 6.03. The van der Waals surface area contributed by atoms with E-state index in [0.29, 0.717) is 0 Å². The van der Waals surface area contributed by atoms with Crippen molar-refractivity contribution in [2.75, 3.05) is 0 Å². The van der Waals surface area contributed by atoms with Crippen LogP contribution in [0.15, 0.2) is 0 Å². The molecule has 1 N–H and O–H groups in total. The minimum Gasteiger partial charge on any atom is -0.192 e. The fourth-order valence-corrected chi connectivity index (χ4v) is 1.30. The molecule has 0 atom stereocenters. The number of hydrogen-bond acceptors (Lipinski definition) is 1. The van der Waals surface area contributed by atoms with Gasteiger partial charge >= 0.3 is 54.1 Å². The summed E-state index contributed by atoms with van der Waals surface area (Å²) in [6.45, 7) is 0. The Bertz CT molecular complexity index is 621. The van der Waals surface area contributed by atoms with Crippen molar-refractivity contribution in [3.8, 4) is 0 Å². The summed E-state index contributed by atoms with van der Waals surface area (Å²) >= 11 is 0. The number of rotatable bonds is 7. The molecule has 1 nitrogen and oxygen atoms in total. The summed E-state index contributed by atoms with van der Waals surface area (Å²) in [7, 11) is 0. The largest absolute Gasteiger partial charge is 0.461 e. The molecule has 0 heterocycles. The molecule has 0 fully saturated rings. The van der Waals surface area contributed by atoms with E-state index in [2.05, 4.69) is 0 Å². The second kappa shape index (κ2) is 6.78. The van der Waals surface area contributed by atoms with E-state index in [0.717, 1.165) is 0 Å². The molecular weight excluding hydrogens is 502 g/mol. The normalized spacial score (nSPS) is 16.8. The van der Waals surface area contributed by atoms with Gasteiger partial charge in [-0.2, -0.15) is 93.1 Å². The van der Waals surface area contributed by atoms with Gasteiger partial charge in [-0.3, -0.25) is 0 Å². The average Bonchev–Trinajstić information content (AvgIpc) is 2.42. The van der Waals surface area contributed by atoms with Crippen LogP contribution in [0.2, 0.25) is 0 Å². The quantitative estimate of drug-likeness (QED) is 0.329. The van der Waals surface area contributed by atoms with Gasteiger partial charge in [0, 0.05) is 0 Å². The van der Waals surface area contributed by atoms with Crippen molar-refractivity contribution in [2.24, 2.45) is 0 Å². The zero-order valence-electron chi connectivity index (χ0n) is 12.6. The number of hydrogen-bond donors (Lipinski definition) is 1. The number of halogens is 20. The van der Waals surface area contributed by atoms with Crippen molar-refractivity contribution in [3.05, 3.63) is 0 Å². The van der Waals surface area contributed by atoms with Gasteiger partial charge in [-0.25, -0.2) is 0 Å². The maximum absolute atomic E-state index is 13.0. The first-order chi connectivity index (χ1) is 12.5. The second-order valence-corrected chi connectivity index (χ2v) is 5.14. The van der Waals surface area contributed by atoms with Gasteiger partial charge < -0.3 is 0 Å². The Morgan fingerprint density at radius 3 is 0.767 bits per heavy atom. The highest BCUT2D eigenvalue weighted by atomic mass is 19.4. The molecule has 0 bridgehead atoms. The summed E-state index contributed by atoms with van der Waals surface area (Å²) in [5.74, 6) is -41.8. The zero-order valence-corrected chi connectivity index (χ0v) is 12.6. The summed E-state index contributed by atoms with van der Waals surface area (Å²) in [5, 5.41) is -2.04. The van der Waals surface area contributed by atoms with Crippen LogP contribution in [-0.4, -0.2) is 54.1 Å². The topological polar surface area (TPSA) is 12.0 Å². The zero-order chi connectivity index (χ0) is 25.2. The van der Waals surface area contributed by atoms with Gasteiger partial charge in [0.05, 0.1) is 0 Å². The molecule has 0 rings (SSSR count). The summed E-state index contributed by atoms with van der Waals surface area (Å²) in [6.07, 6.45) is -15.4. The number of alkyl halides is 20. The lowest BCUT2D eigenvalue weighted by molar-refractivity contribution is -0.450. The summed E-state index contributed by atoms with van der Waals surface area (Å²) in [6, 6.07) is -15.8. The van der Waals surface area contributed by atoms with Crippen LogP contribution in [0.25, 0.3) is 0 Å². The Balaban J connectivity index is 6.46. The molecule has 0 aromatic heterocycles. The number of nitrogens with one attached hydrogen (secondary N) is 1. The van der Waals surface area contributed by atoms with Crippen LogP contribution in [0, 0.1) is 0 Å². The van der Waals surface area contributed by atoms with Gasteiger partial charge in [-0.1, -0.05) is 0 Å². The van der Waals surface area contributed by atoms with Gasteiger partial charge in [-0.05, 0) is 0 Å². The smallest absolute Gasteiger partial charge is 0.192 e. The van der Waals surface area contributed by atoms with E-state index in [9.17, 15) is 87.8 Å². The molecule has 182 valence electrons. The Labute approximate surface area is 149 Å². The van der Waals surface area contributed by atoms with Gasteiger partial charge in [0.25, 0.3) is 0 Å². The molecule has 0 aromatic rings. The van der Waals surface area contributed by atoms with Crippen LogP contribution in [0.5, 0.6) is 0 Å². The third-order valence-electron chi connectivity index (χ3n) is 3.00. The van der Waals surface area contributed by atoms with Crippen LogP contribution in [-0.2, 0) is 0 Å². The molecule has 0 aliphatic heterocycles. The maximum atomic E-state index is 13.0. The predicted molar refractivity (Wildman–Crippen MR) is 49.9 cm³/mol.